The molecule has 1 aromatic rings. The molecule has 0 saturated carbocycles. The fourth-order valence-corrected chi connectivity index (χ4v) is 1.70. The summed E-state index contributed by atoms with van der Waals surface area (Å²) >= 11 is 8.90. The number of ether oxygens (including phenoxy) is 1. The number of carbonyl (C=O) groups excluding carboxylic acids is 1. The molecule has 92 valence electrons. The van der Waals surface area contributed by atoms with Crippen molar-refractivity contribution in [3.63, 3.8) is 0 Å². The first kappa shape index (κ1) is 14.0. The number of halogens is 2. The van der Waals surface area contributed by atoms with Crippen molar-refractivity contribution in [2.75, 3.05) is 13.0 Å². The van der Waals surface area contributed by atoms with Gasteiger partial charge in [-0.3, -0.25) is 0 Å². The Balaban J connectivity index is 3.40. The fourth-order valence-electron chi connectivity index (χ4n) is 1.31. The third kappa shape index (κ3) is 3.20. The number of methoxy groups -OCH3 is 1. The molecule has 0 amide bonds. The zero-order valence-electron chi connectivity index (χ0n) is 9.46. The highest BCUT2D eigenvalue weighted by atomic mass is 79.9. The summed E-state index contributed by atoms with van der Waals surface area (Å²) in [5.41, 5.74) is 7.15. The van der Waals surface area contributed by atoms with Gasteiger partial charge in [-0.2, -0.15) is 0 Å². The van der Waals surface area contributed by atoms with Gasteiger partial charge in [0.1, 0.15) is 5.84 Å². The summed E-state index contributed by atoms with van der Waals surface area (Å²) in [6, 6.07) is 3.48. The first-order valence-electron chi connectivity index (χ1n) is 4.77. The van der Waals surface area contributed by atoms with Crippen molar-refractivity contribution >= 4 is 45.0 Å². The van der Waals surface area contributed by atoms with E-state index in [0.717, 1.165) is 10.0 Å². The molecule has 6 heteroatoms. The molecule has 0 saturated heterocycles. The highest BCUT2D eigenvalue weighted by Crippen LogP contribution is 2.29. The third-order valence-electron chi connectivity index (χ3n) is 2.17. The molecule has 4 nitrogen and oxygen atoms in total. The molecule has 1 rings (SSSR count). The number of aliphatic imine (C=N–C) groups is 1. The van der Waals surface area contributed by atoms with Gasteiger partial charge in [0.25, 0.3) is 0 Å². The molecular weight excluding hydrogens is 307 g/mol. The van der Waals surface area contributed by atoms with Gasteiger partial charge in [-0.1, -0.05) is 15.9 Å². The van der Waals surface area contributed by atoms with Crippen molar-refractivity contribution < 1.29 is 9.53 Å². The lowest BCUT2D eigenvalue weighted by Crippen LogP contribution is -2.13. The maximum Gasteiger partial charge on any atom is 0.340 e. The number of hydrogen-bond donors (Lipinski definition) is 1. The smallest absolute Gasteiger partial charge is 0.340 e. The van der Waals surface area contributed by atoms with Crippen LogP contribution in [0.3, 0.4) is 0 Å². The number of nitrogens with two attached hydrogens (primary N) is 1. The molecule has 17 heavy (non-hydrogen) atoms. The average molecular weight is 320 g/mol. The first-order valence-corrected chi connectivity index (χ1v) is 6.10. The molecule has 0 heterocycles. The van der Waals surface area contributed by atoms with Gasteiger partial charge in [-0.25, -0.2) is 9.79 Å². The number of benzene rings is 1. The van der Waals surface area contributed by atoms with Gasteiger partial charge in [0.2, 0.25) is 0 Å². The van der Waals surface area contributed by atoms with Crippen molar-refractivity contribution in [2.24, 2.45) is 10.7 Å². The van der Waals surface area contributed by atoms with Gasteiger partial charge in [-0.15, -0.1) is 11.6 Å². The summed E-state index contributed by atoms with van der Waals surface area (Å²) in [4.78, 5) is 15.8. The van der Waals surface area contributed by atoms with E-state index < -0.39 is 5.97 Å². The van der Waals surface area contributed by atoms with Crippen molar-refractivity contribution in [2.45, 2.75) is 6.92 Å². The van der Waals surface area contributed by atoms with E-state index in [9.17, 15) is 4.79 Å². The largest absolute Gasteiger partial charge is 0.465 e. The minimum atomic E-state index is -0.454. The maximum absolute atomic E-state index is 11.7. The van der Waals surface area contributed by atoms with Crippen LogP contribution in [0.25, 0.3) is 0 Å². The minimum Gasteiger partial charge on any atom is -0.465 e. The van der Waals surface area contributed by atoms with Crippen LogP contribution in [0.4, 0.5) is 5.69 Å². The van der Waals surface area contributed by atoms with Gasteiger partial charge in [0.15, 0.2) is 0 Å². The second-order valence-corrected chi connectivity index (χ2v) is 4.42. The van der Waals surface area contributed by atoms with Crippen LogP contribution >= 0.6 is 27.5 Å². The van der Waals surface area contributed by atoms with Crippen LogP contribution in [0.1, 0.15) is 15.9 Å². The van der Waals surface area contributed by atoms with E-state index in [1.54, 1.807) is 19.1 Å². The molecule has 0 bridgehead atoms. The van der Waals surface area contributed by atoms with Crippen molar-refractivity contribution in [1.82, 2.24) is 0 Å². The number of amidine groups is 1. The standard InChI is InChI=1S/C11H12BrClN2O2/c1-6-7(12)3-4-8(15-9(14)5-13)10(6)11(16)17-2/h3-4H,5H2,1-2H3,(H2,14,15). The number of alkyl halides is 1. The summed E-state index contributed by atoms with van der Waals surface area (Å²) < 4.78 is 5.53. The van der Waals surface area contributed by atoms with Crippen LogP contribution < -0.4 is 5.73 Å². The van der Waals surface area contributed by atoms with Gasteiger partial charge < -0.3 is 10.5 Å². The lowest BCUT2D eigenvalue weighted by molar-refractivity contribution is 0.0601. The van der Waals surface area contributed by atoms with Gasteiger partial charge in [0, 0.05) is 4.47 Å². The molecule has 0 aromatic heterocycles. The predicted octanol–water partition coefficient (Wildman–Crippen LogP) is 2.77. The maximum atomic E-state index is 11.7. The number of hydrogen-bond acceptors (Lipinski definition) is 3. The summed E-state index contributed by atoms with van der Waals surface area (Å²) in [5.74, 6) is -0.0983. The van der Waals surface area contributed by atoms with E-state index >= 15 is 0 Å². The molecule has 0 aliphatic heterocycles. The molecule has 0 spiro atoms. The molecule has 0 fully saturated rings. The van der Waals surface area contributed by atoms with Crippen LogP contribution in [0.2, 0.25) is 0 Å². The van der Waals surface area contributed by atoms with Gasteiger partial charge in [-0.05, 0) is 24.6 Å². The Morgan fingerprint density at radius 2 is 2.24 bits per heavy atom. The Morgan fingerprint density at radius 3 is 2.76 bits per heavy atom. The molecule has 0 unspecified atom stereocenters. The lowest BCUT2D eigenvalue weighted by atomic mass is 10.1. The molecule has 2 N–H and O–H groups in total. The number of nitrogens with zero attached hydrogens (tertiary/aromatic N) is 1. The van der Waals surface area contributed by atoms with E-state index in [1.165, 1.54) is 7.11 Å². The second-order valence-electron chi connectivity index (χ2n) is 3.29. The van der Waals surface area contributed by atoms with E-state index in [4.69, 9.17) is 22.1 Å². The summed E-state index contributed by atoms with van der Waals surface area (Å²) in [7, 11) is 1.32. The third-order valence-corrected chi connectivity index (χ3v) is 3.30. The Bertz CT molecular complexity index is 475. The summed E-state index contributed by atoms with van der Waals surface area (Å²) in [6.45, 7) is 1.80. The SMILES string of the molecule is COC(=O)c1c(N=C(N)CCl)ccc(Br)c1C. The molecule has 0 radical (unpaired) electrons. The Hall–Kier alpha value is -1.07. The quantitative estimate of drug-likeness (QED) is 0.403. The van der Waals surface area contributed by atoms with Crippen molar-refractivity contribution in [1.29, 1.82) is 0 Å². The van der Waals surface area contributed by atoms with Crippen LogP contribution in [-0.2, 0) is 4.74 Å². The van der Waals surface area contributed by atoms with Crippen LogP contribution in [-0.4, -0.2) is 24.8 Å². The van der Waals surface area contributed by atoms with Crippen LogP contribution in [0, 0.1) is 6.92 Å². The zero-order chi connectivity index (χ0) is 13.0. The van der Waals surface area contributed by atoms with E-state index in [0.29, 0.717) is 11.3 Å². The number of rotatable bonds is 3. The normalized spacial score (nSPS) is 11.4. The van der Waals surface area contributed by atoms with E-state index in [2.05, 4.69) is 20.9 Å². The summed E-state index contributed by atoms with van der Waals surface area (Å²) in [5, 5.41) is 0. The van der Waals surface area contributed by atoms with E-state index in [-0.39, 0.29) is 11.7 Å². The van der Waals surface area contributed by atoms with Crippen LogP contribution in [0.5, 0.6) is 0 Å². The molecule has 1 aromatic carbocycles. The molecule has 0 aliphatic carbocycles. The second kappa shape index (κ2) is 6.02. The topological polar surface area (TPSA) is 64.7 Å². The van der Waals surface area contributed by atoms with E-state index in [1.807, 2.05) is 0 Å². The van der Waals surface area contributed by atoms with Crippen molar-refractivity contribution in [3.8, 4) is 0 Å². The first-order chi connectivity index (χ1) is 8.01. The molecule has 0 aliphatic rings. The average Bonchev–Trinajstić information content (AvgIpc) is 2.33. The van der Waals surface area contributed by atoms with Crippen LogP contribution in [0.15, 0.2) is 21.6 Å². The van der Waals surface area contributed by atoms with Gasteiger partial charge >= 0.3 is 5.97 Å². The van der Waals surface area contributed by atoms with Crippen molar-refractivity contribution in [3.05, 3.63) is 27.7 Å². The Kier molecular flexibility index (Phi) is 4.96. The Morgan fingerprint density at radius 1 is 1.59 bits per heavy atom. The monoisotopic (exact) mass is 318 g/mol. The number of esters is 1. The summed E-state index contributed by atoms with van der Waals surface area (Å²) in [6.07, 6.45) is 0. The lowest BCUT2D eigenvalue weighted by Gasteiger charge is -2.09. The molecule has 0 atom stereocenters. The number of carbonyl (C=O) groups is 1. The minimum absolute atomic E-state index is 0.107. The predicted molar refractivity (Wildman–Crippen MR) is 72.2 cm³/mol. The van der Waals surface area contributed by atoms with Gasteiger partial charge in [0.05, 0.1) is 24.2 Å². The molecular formula is C11H12BrClN2O2. The highest BCUT2D eigenvalue weighted by Gasteiger charge is 2.16. The fraction of sp³-hybridized carbons (Fsp3) is 0.273. The highest BCUT2D eigenvalue weighted by molar-refractivity contribution is 9.10. The zero-order valence-corrected chi connectivity index (χ0v) is 11.8. The Labute approximate surface area is 113 Å².